The number of carbonyl (C=O) groups excluding carboxylic acids is 1. The Balaban J connectivity index is 1.71. The Labute approximate surface area is 131 Å². The number of hydrogen-bond donors (Lipinski definition) is 0. The van der Waals surface area contributed by atoms with Crippen LogP contribution in [-0.4, -0.2) is 12.1 Å². The third-order valence-electron chi connectivity index (χ3n) is 4.31. The fourth-order valence-corrected chi connectivity index (χ4v) is 2.93. The summed E-state index contributed by atoms with van der Waals surface area (Å²) < 4.78 is 5.12. The molecule has 2 nitrogen and oxygen atoms in total. The van der Waals surface area contributed by atoms with E-state index in [1.807, 2.05) is 6.08 Å². The molecule has 0 fully saturated rings. The first-order valence-electron chi connectivity index (χ1n) is 9.21. The molecule has 0 amide bonds. The summed E-state index contributed by atoms with van der Waals surface area (Å²) in [6.07, 6.45) is 22.4. The molecule has 1 rings (SSSR count). The molecule has 0 aliphatic carbocycles. The zero-order valence-electron chi connectivity index (χ0n) is 13.9. The second-order valence-electron chi connectivity index (χ2n) is 6.37. The van der Waals surface area contributed by atoms with Crippen LogP contribution in [0, 0.1) is 0 Å². The number of carbonyl (C=O) groups is 1. The van der Waals surface area contributed by atoms with Gasteiger partial charge in [-0.05, 0) is 18.9 Å². The molecule has 1 unspecified atom stereocenters. The van der Waals surface area contributed by atoms with E-state index >= 15 is 0 Å². The van der Waals surface area contributed by atoms with E-state index in [9.17, 15) is 4.79 Å². The summed E-state index contributed by atoms with van der Waals surface area (Å²) in [5.41, 5.74) is 0. The summed E-state index contributed by atoms with van der Waals surface area (Å²) in [7, 11) is 0. The number of esters is 1. The van der Waals surface area contributed by atoms with E-state index < -0.39 is 0 Å². The second-order valence-corrected chi connectivity index (χ2v) is 6.37. The lowest BCUT2D eigenvalue weighted by Gasteiger charge is -2.07. The fourth-order valence-electron chi connectivity index (χ4n) is 2.93. The van der Waals surface area contributed by atoms with Gasteiger partial charge in [0.2, 0.25) is 0 Å². The first kappa shape index (κ1) is 18.3. The van der Waals surface area contributed by atoms with Crippen LogP contribution in [0.25, 0.3) is 0 Å². The van der Waals surface area contributed by atoms with E-state index in [-0.39, 0.29) is 12.1 Å². The smallest absolute Gasteiger partial charge is 0.331 e. The highest BCUT2D eigenvalue weighted by molar-refractivity contribution is 5.84. The van der Waals surface area contributed by atoms with Crippen LogP contribution < -0.4 is 0 Å². The average molecular weight is 294 g/mol. The highest BCUT2D eigenvalue weighted by Gasteiger charge is 2.15. The highest BCUT2D eigenvalue weighted by atomic mass is 16.5. The van der Waals surface area contributed by atoms with Gasteiger partial charge in [-0.15, -0.1) is 0 Å². The highest BCUT2D eigenvalue weighted by Crippen LogP contribution is 2.16. The molecule has 0 bridgehead atoms. The largest absolute Gasteiger partial charge is 0.455 e. The van der Waals surface area contributed by atoms with Crippen molar-refractivity contribution in [1.82, 2.24) is 0 Å². The van der Waals surface area contributed by atoms with Crippen LogP contribution in [0.1, 0.15) is 96.8 Å². The van der Waals surface area contributed by atoms with Gasteiger partial charge < -0.3 is 4.74 Å². The summed E-state index contributed by atoms with van der Waals surface area (Å²) in [6, 6.07) is 0. The Bertz CT molecular complexity index is 283. The molecular weight excluding hydrogens is 260 g/mol. The van der Waals surface area contributed by atoms with Crippen molar-refractivity contribution < 1.29 is 9.53 Å². The Morgan fingerprint density at radius 2 is 1.29 bits per heavy atom. The molecule has 1 heterocycles. The Morgan fingerprint density at radius 3 is 1.71 bits per heavy atom. The Kier molecular flexibility index (Phi) is 11.2. The van der Waals surface area contributed by atoms with Crippen LogP contribution in [0.3, 0.4) is 0 Å². The van der Waals surface area contributed by atoms with E-state index in [1.54, 1.807) is 6.08 Å². The molecule has 0 aromatic heterocycles. The molecule has 122 valence electrons. The van der Waals surface area contributed by atoms with E-state index in [0.29, 0.717) is 0 Å². The number of hydrogen-bond acceptors (Lipinski definition) is 2. The maximum Gasteiger partial charge on any atom is 0.331 e. The molecule has 1 atom stereocenters. The van der Waals surface area contributed by atoms with Gasteiger partial charge in [0.1, 0.15) is 6.10 Å². The maximum atomic E-state index is 10.9. The topological polar surface area (TPSA) is 26.3 Å². The minimum absolute atomic E-state index is 0.0604. The van der Waals surface area contributed by atoms with Gasteiger partial charge in [0.25, 0.3) is 0 Å². The maximum absolute atomic E-state index is 10.9. The van der Waals surface area contributed by atoms with Crippen molar-refractivity contribution in [3.63, 3.8) is 0 Å². The monoisotopic (exact) mass is 294 g/mol. The molecule has 1 aliphatic heterocycles. The Hall–Kier alpha value is -0.790. The number of rotatable bonds is 14. The zero-order valence-corrected chi connectivity index (χ0v) is 13.9. The first-order valence-corrected chi connectivity index (χ1v) is 9.21. The van der Waals surface area contributed by atoms with Crippen LogP contribution in [0.5, 0.6) is 0 Å². The normalized spacial score (nSPS) is 17.4. The summed E-state index contributed by atoms with van der Waals surface area (Å²) >= 11 is 0. The number of ether oxygens (including phenoxy) is 1. The fraction of sp³-hybridized carbons (Fsp3) is 0.842. The molecule has 21 heavy (non-hydrogen) atoms. The quantitative estimate of drug-likeness (QED) is 0.292. The van der Waals surface area contributed by atoms with Gasteiger partial charge in [-0.3, -0.25) is 0 Å². The van der Waals surface area contributed by atoms with Crippen molar-refractivity contribution in [2.75, 3.05) is 0 Å². The van der Waals surface area contributed by atoms with Crippen LogP contribution in [0.4, 0.5) is 0 Å². The van der Waals surface area contributed by atoms with Gasteiger partial charge in [0.05, 0.1) is 0 Å². The first-order chi connectivity index (χ1) is 10.3. The van der Waals surface area contributed by atoms with Crippen molar-refractivity contribution in [3.05, 3.63) is 12.2 Å². The summed E-state index contributed by atoms with van der Waals surface area (Å²) in [6.45, 7) is 2.27. The summed E-state index contributed by atoms with van der Waals surface area (Å²) in [4.78, 5) is 10.9. The van der Waals surface area contributed by atoms with Crippen molar-refractivity contribution in [3.8, 4) is 0 Å². The van der Waals surface area contributed by atoms with Gasteiger partial charge in [-0.1, -0.05) is 84.0 Å². The second kappa shape index (κ2) is 12.9. The zero-order chi connectivity index (χ0) is 15.2. The van der Waals surface area contributed by atoms with Gasteiger partial charge in [-0.25, -0.2) is 4.79 Å². The third kappa shape index (κ3) is 10.6. The summed E-state index contributed by atoms with van der Waals surface area (Å²) in [5, 5.41) is 0. The van der Waals surface area contributed by atoms with E-state index in [0.717, 1.165) is 6.42 Å². The molecule has 0 aromatic carbocycles. The average Bonchev–Trinajstić information content (AvgIpc) is 2.89. The predicted octanol–water partition coefficient (Wildman–Crippen LogP) is 5.95. The molecule has 0 saturated carbocycles. The van der Waals surface area contributed by atoms with Gasteiger partial charge >= 0.3 is 5.97 Å². The standard InChI is InChI=1S/C19H34O2/c1-2-3-4-5-6-7-8-9-10-11-12-13-14-15-18-16-17-19(20)21-18/h16-18H,2-15H2,1H3. The predicted molar refractivity (Wildman–Crippen MR) is 89.3 cm³/mol. The van der Waals surface area contributed by atoms with Crippen molar-refractivity contribution in [2.45, 2.75) is 103 Å². The van der Waals surface area contributed by atoms with Crippen LogP contribution >= 0.6 is 0 Å². The van der Waals surface area contributed by atoms with E-state index in [4.69, 9.17) is 4.74 Å². The minimum atomic E-state index is -0.172. The lowest BCUT2D eigenvalue weighted by Crippen LogP contribution is -2.06. The molecule has 0 N–H and O–H groups in total. The number of cyclic esters (lactones) is 1. The van der Waals surface area contributed by atoms with Crippen LogP contribution in [0.15, 0.2) is 12.2 Å². The van der Waals surface area contributed by atoms with Crippen molar-refractivity contribution in [1.29, 1.82) is 0 Å². The van der Waals surface area contributed by atoms with Gasteiger partial charge in [0, 0.05) is 6.08 Å². The summed E-state index contributed by atoms with van der Waals surface area (Å²) in [5.74, 6) is -0.172. The third-order valence-corrected chi connectivity index (χ3v) is 4.31. The molecule has 0 aromatic rings. The lowest BCUT2D eigenvalue weighted by molar-refractivity contribution is -0.138. The number of unbranched alkanes of at least 4 members (excludes halogenated alkanes) is 12. The van der Waals surface area contributed by atoms with Gasteiger partial charge in [-0.2, -0.15) is 0 Å². The van der Waals surface area contributed by atoms with Crippen molar-refractivity contribution in [2.24, 2.45) is 0 Å². The molecule has 1 aliphatic rings. The molecule has 0 spiro atoms. The van der Waals surface area contributed by atoms with Gasteiger partial charge in [0.15, 0.2) is 0 Å². The lowest BCUT2D eigenvalue weighted by atomic mass is 10.0. The molecule has 2 heteroatoms. The van der Waals surface area contributed by atoms with Crippen LogP contribution in [0.2, 0.25) is 0 Å². The van der Waals surface area contributed by atoms with Crippen LogP contribution in [-0.2, 0) is 9.53 Å². The van der Waals surface area contributed by atoms with E-state index in [1.165, 1.54) is 83.5 Å². The minimum Gasteiger partial charge on any atom is -0.455 e. The Morgan fingerprint density at radius 1 is 0.810 bits per heavy atom. The van der Waals surface area contributed by atoms with Crippen molar-refractivity contribution >= 4 is 5.97 Å². The molecule has 0 radical (unpaired) electrons. The molecule has 0 saturated heterocycles. The SMILES string of the molecule is CCCCCCCCCCCCCCCC1C=CC(=O)O1. The molecular formula is C19H34O2. The van der Waals surface area contributed by atoms with E-state index in [2.05, 4.69) is 6.92 Å².